The van der Waals surface area contributed by atoms with Gasteiger partial charge in [0.25, 0.3) is 5.78 Å². The lowest BCUT2D eigenvalue weighted by Gasteiger charge is -2.23. The molecule has 0 spiro atoms. The minimum atomic E-state index is -0.923. The number of rotatable bonds is 6. The number of nitrogens with zero attached hydrogens (tertiary/aromatic N) is 3. The Labute approximate surface area is 250 Å². The third-order valence-corrected chi connectivity index (χ3v) is 9.17. The summed E-state index contributed by atoms with van der Waals surface area (Å²) < 4.78 is 26.0. The molecule has 8 nitrogen and oxygen atoms in total. The Balaban J connectivity index is 1.38. The lowest BCUT2D eigenvalue weighted by Crippen LogP contribution is -2.29. The minimum Gasteiger partial charge on any atom is -0.507 e. The molecule has 1 unspecified atom stereocenters. The fraction of sp³-hybridized carbons (Fsp3) is 0.143. The standard InChI is InChI=1S/C28H19FIN3O5S2/c29-18-6-1-15(2-7-18)14-39-28-32-31-27(40-28)33-23(16-3-8-19(30)9-4-16)22(25(35)26(33)36)24(34)17-5-10-20-21(13-17)38-12-11-37-20/h1-10,13,23,34H,11-12,14H2/b24-22+. The molecule has 1 fully saturated rings. The van der Waals surface area contributed by atoms with Gasteiger partial charge >= 0.3 is 5.91 Å². The molecule has 3 aromatic carbocycles. The van der Waals surface area contributed by atoms with Crippen molar-refractivity contribution in [2.24, 2.45) is 0 Å². The van der Waals surface area contributed by atoms with E-state index in [1.807, 2.05) is 24.3 Å². The number of hydrogen-bond donors (Lipinski definition) is 1. The van der Waals surface area contributed by atoms with E-state index in [0.29, 0.717) is 45.9 Å². The first-order valence-corrected chi connectivity index (χ1v) is 14.9. The molecule has 1 N–H and O–H groups in total. The Kier molecular flexibility index (Phi) is 7.47. The highest BCUT2D eigenvalue weighted by molar-refractivity contribution is 14.1. The molecule has 40 heavy (non-hydrogen) atoms. The molecule has 0 bridgehead atoms. The van der Waals surface area contributed by atoms with Crippen LogP contribution in [0.1, 0.15) is 22.7 Å². The van der Waals surface area contributed by atoms with Crippen molar-refractivity contribution in [3.8, 4) is 11.5 Å². The van der Waals surface area contributed by atoms with Crippen LogP contribution >= 0.6 is 45.7 Å². The van der Waals surface area contributed by atoms with Gasteiger partial charge in [0.2, 0.25) is 5.13 Å². The predicted molar refractivity (Wildman–Crippen MR) is 157 cm³/mol. The molecule has 3 heterocycles. The summed E-state index contributed by atoms with van der Waals surface area (Å²) in [6.45, 7) is 0.783. The number of Topliss-reactive ketones (excluding diaryl/α,β-unsaturated/α-hetero) is 1. The van der Waals surface area contributed by atoms with Crippen molar-refractivity contribution in [1.29, 1.82) is 0 Å². The molecular formula is C28H19FIN3O5S2. The number of fused-ring (bicyclic) bond motifs is 1. The van der Waals surface area contributed by atoms with Gasteiger partial charge in [0.05, 0.1) is 11.6 Å². The van der Waals surface area contributed by atoms with Crippen molar-refractivity contribution < 1.29 is 28.6 Å². The van der Waals surface area contributed by atoms with Crippen molar-refractivity contribution >= 4 is 68.3 Å². The number of aromatic nitrogens is 2. The molecule has 202 valence electrons. The Bertz CT molecular complexity index is 1640. The van der Waals surface area contributed by atoms with E-state index in [1.54, 1.807) is 30.3 Å². The zero-order chi connectivity index (χ0) is 27.8. The van der Waals surface area contributed by atoms with Gasteiger partial charge in [0, 0.05) is 14.9 Å². The van der Waals surface area contributed by atoms with E-state index in [4.69, 9.17) is 9.47 Å². The molecule has 12 heteroatoms. The van der Waals surface area contributed by atoms with E-state index in [0.717, 1.165) is 9.13 Å². The molecular weight excluding hydrogens is 668 g/mol. The first-order valence-electron chi connectivity index (χ1n) is 12.1. The number of halogens is 2. The van der Waals surface area contributed by atoms with Crippen LogP contribution in [-0.2, 0) is 15.3 Å². The molecule has 4 aromatic rings. The molecule has 1 aromatic heterocycles. The van der Waals surface area contributed by atoms with Gasteiger partial charge in [0.1, 0.15) is 24.8 Å². The third kappa shape index (κ3) is 5.18. The van der Waals surface area contributed by atoms with E-state index in [-0.39, 0.29) is 22.3 Å². The fourth-order valence-corrected chi connectivity index (χ4v) is 6.60. The first kappa shape index (κ1) is 26.7. The molecule has 1 saturated heterocycles. The van der Waals surface area contributed by atoms with Crippen LogP contribution in [0, 0.1) is 9.39 Å². The number of aliphatic hydroxyl groups is 1. The van der Waals surface area contributed by atoms with Gasteiger partial charge in [-0.15, -0.1) is 10.2 Å². The molecule has 6 rings (SSSR count). The maximum Gasteiger partial charge on any atom is 0.301 e. The van der Waals surface area contributed by atoms with Crippen molar-refractivity contribution in [2.75, 3.05) is 18.1 Å². The number of anilines is 1. The second kappa shape index (κ2) is 11.2. The number of benzene rings is 3. The molecule has 0 radical (unpaired) electrons. The van der Waals surface area contributed by atoms with E-state index in [1.165, 1.54) is 40.1 Å². The monoisotopic (exact) mass is 687 g/mol. The summed E-state index contributed by atoms with van der Waals surface area (Å²) >= 11 is 4.73. The van der Waals surface area contributed by atoms with Crippen molar-refractivity contribution in [3.63, 3.8) is 0 Å². The summed E-state index contributed by atoms with van der Waals surface area (Å²) in [5.74, 6) is -0.760. The number of ether oxygens (including phenoxy) is 2. The van der Waals surface area contributed by atoms with Gasteiger partial charge in [0.15, 0.2) is 15.8 Å². The van der Waals surface area contributed by atoms with Crippen LogP contribution in [-0.4, -0.2) is 40.2 Å². The molecule has 2 aliphatic heterocycles. The topological polar surface area (TPSA) is 102 Å². The summed E-state index contributed by atoms with van der Waals surface area (Å²) in [5.41, 5.74) is 1.81. The maximum absolute atomic E-state index is 13.4. The number of ketones is 1. The van der Waals surface area contributed by atoms with Crippen molar-refractivity contribution in [1.82, 2.24) is 10.2 Å². The second-order valence-corrected chi connectivity index (χ2v) is 12.3. The van der Waals surface area contributed by atoms with E-state index in [9.17, 15) is 19.1 Å². The Hall–Kier alpha value is -3.49. The number of carbonyl (C=O) groups is 2. The minimum absolute atomic E-state index is 0.0569. The highest BCUT2D eigenvalue weighted by atomic mass is 127. The summed E-state index contributed by atoms with van der Waals surface area (Å²) in [6.07, 6.45) is 0. The molecule has 2 aliphatic rings. The number of carbonyl (C=O) groups excluding carboxylic acids is 2. The highest BCUT2D eigenvalue weighted by Gasteiger charge is 2.48. The quantitative estimate of drug-likeness (QED) is 0.0661. The lowest BCUT2D eigenvalue weighted by atomic mass is 9.95. The Morgan fingerprint density at radius 3 is 2.50 bits per heavy atom. The van der Waals surface area contributed by atoms with Gasteiger partial charge in [-0.2, -0.15) is 0 Å². The second-order valence-electron chi connectivity index (χ2n) is 8.84. The number of amides is 1. The summed E-state index contributed by atoms with van der Waals surface area (Å²) in [4.78, 5) is 28.2. The smallest absolute Gasteiger partial charge is 0.301 e. The largest absolute Gasteiger partial charge is 0.507 e. The molecule has 1 amide bonds. The van der Waals surface area contributed by atoms with Crippen LogP contribution in [0.2, 0.25) is 0 Å². The van der Waals surface area contributed by atoms with Crippen LogP contribution in [0.4, 0.5) is 9.52 Å². The van der Waals surface area contributed by atoms with Crippen LogP contribution in [0.3, 0.4) is 0 Å². The molecule has 1 atom stereocenters. The highest BCUT2D eigenvalue weighted by Crippen LogP contribution is 2.45. The van der Waals surface area contributed by atoms with E-state index < -0.39 is 17.7 Å². The Morgan fingerprint density at radius 1 is 1.02 bits per heavy atom. The number of hydrogen-bond acceptors (Lipinski definition) is 9. The third-order valence-electron chi connectivity index (χ3n) is 6.32. The summed E-state index contributed by atoms with van der Waals surface area (Å²) in [7, 11) is 0. The first-order chi connectivity index (χ1) is 19.4. The van der Waals surface area contributed by atoms with Gasteiger partial charge in [-0.1, -0.05) is 47.4 Å². The van der Waals surface area contributed by atoms with Crippen LogP contribution in [0.15, 0.2) is 76.6 Å². The average molecular weight is 688 g/mol. The maximum atomic E-state index is 13.4. The summed E-state index contributed by atoms with van der Waals surface area (Å²) in [6, 6.07) is 17.5. The average Bonchev–Trinajstić information content (AvgIpc) is 3.54. The Morgan fingerprint density at radius 2 is 1.75 bits per heavy atom. The van der Waals surface area contributed by atoms with Crippen LogP contribution in [0.25, 0.3) is 5.76 Å². The normalized spacial score (nSPS) is 17.9. The SMILES string of the molecule is O=C1C(=O)N(c2nnc(SCc3ccc(F)cc3)s2)C(c2ccc(I)cc2)/C1=C(\O)c1ccc2c(c1)OCCO2. The number of aliphatic hydroxyl groups excluding tert-OH is 1. The fourth-order valence-electron chi connectivity index (χ4n) is 4.42. The molecule has 0 aliphatic carbocycles. The van der Waals surface area contributed by atoms with Gasteiger partial charge in [-0.25, -0.2) is 4.39 Å². The van der Waals surface area contributed by atoms with Crippen molar-refractivity contribution in [3.05, 3.63) is 98.4 Å². The van der Waals surface area contributed by atoms with E-state index in [2.05, 4.69) is 32.8 Å². The number of thioether (sulfide) groups is 1. The summed E-state index contributed by atoms with van der Waals surface area (Å²) in [5, 5.41) is 20.1. The molecule has 0 saturated carbocycles. The lowest BCUT2D eigenvalue weighted by molar-refractivity contribution is -0.132. The zero-order valence-electron chi connectivity index (χ0n) is 20.5. The predicted octanol–water partition coefficient (Wildman–Crippen LogP) is 5.97. The van der Waals surface area contributed by atoms with Gasteiger partial charge in [-0.05, 0) is 76.2 Å². The zero-order valence-corrected chi connectivity index (χ0v) is 24.3. The van der Waals surface area contributed by atoms with Crippen LogP contribution in [0.5, 0.6) is 11.5 Å². The van der Waals surface area contributed by atoms with E-state index >= 15 is 0 Å². The van der Waals surface area contributed by atoms with Gasteiger partial charge in [-0.3, -0.25) is 14.5 Å². The van der Waals surface area contributed by atoms with Gasteiger partial charge < -0.3 is 14.6 Å². The van der Waals surface area contributed by atoms with Crippen molar-refractivity contribution in [2.45, 2.75) is 16.1 Å². The van der Waals surface area contributed by atoms with Crippen LogP contribution < -0.4 is 14.4 Å².